The Balaban J connectivity index is 2.06. The van der Waals surface area contributed by atoms with Crippen LogP contribution in [0.15, 0.2) is 12.1 Å². The van der Waals surface area contributed by atoms with Crippen molar-refractivity contribution in [1.82, 2.24) is 9.88 Å². The molecular weight excluding hydrogens is 228 g/mol. The number of aromatic nitrogens is 1. The molecule has 0 radical (unpaired) electrons. The van der Waals surface area contributed by atoms with Crippen LogP contribution >= 0.6 is 11.6 Å². The van der Waals surface area contributed by atoms with Crippen molar-refractivity contribution in [2.24, 2.45) is 5.84 Å². The number of halogens is 1. The summed E-state index contributed by atoms with van der Waals surface area (Å²) in [7, 11) is 0. The quantitative estimate of drug-likeness (QED) is 0.608. The minimum Gasteiger partial charge on any atom is -0.379 e. The maximum atomic E-state index is 6.08. The van der Waals surface area contributed by atoms with Crippen LogP contribution in [0.1, 0.15) is 5.69 Å². The molecule has 0 saturated carbocycles. The summed E-state index contributed by atoms with van der Waals surface area (Å²) in [5.74, 6) is 5.94. The van der Waals surface area contributed by atoms with Gasteiger partial charge in [0.25, 0.3) is 0 Å². The fraction of sp³-hybridized carbons (Fsp3) is 0.500. The minimum atomic E-state index is 0.632. The van der Waals surface area contributed by atoms with Gasteiger partial charge in [-0.3, -0.25) is 4.90 Å². The van der Waals surface area contributed by atoms with Crippen LogP contribution in [0, 0.1) is 0 Å². The van der Waals surface area contributed by atoms with Crippen LogP contribution in [0.4, 0.5) is 5.82 Å². The van der Waals surface area contributed by atoms with Gasteiger partial charge < -0.3 is 10.2 Å². The third-order valence-electron chi connectivity index (χ3n) is 2.54. The smallest absolute Gasteiger partial charge is 0.140 e. The largest absolute Gasteiger partial charge is 0.379 e. The molecule has 1 fully saturated rings. The predicted octanol–water partition coefficient (Wildman–Crippen LogP) is 0.853. The van der Waals surface area contributed by atoms with Crippen LogP contribution in [0.25, 0.3) is 0 Å². The Morgan fingerprint density at radius 2 is 2.19 bits per heavy atom. The molecule has 0 aliphatic carbocycles. The van der Waals surface area contributed by atoms with Crippen LogP contribution in [-0.4, -0.2) is 36.2 Å². The van der Waals surface area contributed by atoms with Crippen LogP contribution < -0.4 is 11.3 Å². The molecule has 0 bridgehead atoms. The minimum absolute atomic E-state index is 0.632. The Labute approximate surface area is 99.5 Å². The average Bonchev–Trinajstić information content (AvgIpc) is 2.33. The van der Waals surface area contributed by atoms with Crippen LogP contribution in [-0.2, 0) is 11.3 Å². The third-order valence-corrected chi connectivity index (χ3v) is 2.89. The summed E-state index contributed by atoms with van der Waals surface area (Å²) in [5, 5.41) is 0.672. The maximum Gasteiger partial charge on any atom is 0.140 e. The zero-order valence-corrected chi connectivity index (χ0v) is 9.70. The molecule has 0 spiro atoms. The first-order valence-corrected chi connectivity index (χ1v) is 5.59. The van der Waals surface area contributed by atoms with E-state index in [0.29, 0.717) is 10.8 Å². The highest BCUT2D eigenvalue weighted by Gasteiger charge is 2.13. The van der Waals surface area contributed by atoms with E-state index in [0.717, 1.165) is 38.5 Å². The van der Waals surface area contributed by atoms with Crippen LogP contribution in [0.2, 0.25) is 5.02 Å². The van der Waals surface area contributed by atoms with Crippen LogP contribution in [0.3, 0.4) is 0 Å². The molecule has 2 rings (SSSR count). The van der Waals surface area contributed by atoms with Crippen molar-refractivity contribution in [2.75, 3.05) is 31.7 Å². The van der Waals surface area contributed by atoms with E-state index in [4.69, 9.17) is 22.2 Å². The number of hydrogen-bond acceptors (Lipinski definition) is 5. The van der Waals surface area contributed by atoms with Crippen LogP contribution in [0.5, 0.6) is 0 Å². The van der Waals surface area contributed by atoms with Crippen molar-refractivity contribution in [1.29, 1.82) is 0 Å². The first-order valence-electron chi connectivity index (χ1n) is 5.22. The van der Waals surface area contributed by atoms with E-state index >= 15 is 0 Å². The molecule has 0 unspecified atom stereocenters. The number of nitrogens with one attached hydrogen (secondary N) is 1. The van der Waals surface area contributed by atoms with E-state index in [-0.39, 0.29) is 0 Å². The number of pyridine rings is 1. The van der Waals surface area contributed by atoms with E-state index < -0.39 is 0 Å². The average molecular weight is 243 g/mol. The fourth-order valence-corrected chi connectivity index (χ4v) is 1.81. The van der Waals surface area contributed by atoms with Crippen molar-refractivity contribution >= 4 is 17.4 Å². The molecule has 1 aromatic heterocycles. The monoisotopic (exact) mass is 242 g/mol. The molecule has 16 heavy (non-hydrogen) atoms. The van der Waals surface area contributed by atoms with E-state index in [1.54, 1.807) is 12.1 Å². The molecule has 1 aromatic rings. The molecule has 3 N–H and O–H groups in total. The van der Waals surface area contributed by atoms with Gasteiger partial charge in [0.2, 0.25) is 0 Å². The second kappa shape index (κ2) is 5.45. The highest BCUT2D eigenvalue weighted by Crippen LogP contribution is 2.18. The van der Waals surface area contributed by atoms with Gasteiger partial charge in [-0.1, -0.05) is 11.6 Å². The second-order valence-electron chi connectivity index (χ2n) is 3.66. The topological polar surface area (TPSA) is 63.4 Å². The van der Waals surface area contributed by atoms with E-state index in [2.05, 4.69) is 15.3 Å². The molecule has 0 amide bonds. The molecule has 1 aliphatic rings. The SMILES string of the molecule is NNc1ccc(Cl)c(CN2CCOCC2)n1. The lowest BCUT2D eigenvalue weighted by Crippen LogP contribution is -2.36. The highest BCUT2D eigenvalue weighted by atomic mass is 35.5. The number of morpholine rings is 1. The maximum absolute atomic E-state index is 6.08. The normalized spacial score (nSPS) is 17.4. The number of nitrogens with two attached hydrogens (primary N) is 1. The lowest BCUT2D eigenvalue weighted by atomic mass is 10.3. The molecule has 5 nitrogen and oxygen atoms in total. The first-order chi connectivity index (χ1) is 7.79. The second-order valence-corrected chi connectivity index (χ2v) is 4.07. The number of hydrogen-bond donors (Lipinski definition) is 2. The summed E-state index contributed by atoms with van der Waals surface area (Å²) < 4.78 is 5.29. The number of hydrazine groups is 1. The molecule has 1 saturated heterocycles. The summed E-state index contributed by atoms with van der Waals surface area (Å²) in [6.07, 6.45) is 0. The van der Waals surface area contributed by atoms with Gasteiger partial charge in [-0.15, -0.1) is 0 Å². The van der Waals surface area contributed by atoms with Crippen molar-refractivity contribution in [3.05, 3.63) is 22.8 Å². The van der Waals surface area contributed by atoms with Crippen molar-refractivity contribution < 1.29 is 4.74 Å². The number of nitrogens with zero attached hydrogens (tertiary/aromatic N) is 2. The van der Waals surface area contributed by atoms with Crippen molar-refractivity contribution in [3.8, 4) is 0 Å². The Morgan fingerprint density at radius 1 is 1.44 bits per heavy atom. The van der Waals surface area contributed by atoms with Gasteiger partial charge in [-0.2, -0.15) is 0 Å². The van der Waals surface area contributed by atoms with E-state index in [1.165, 1.54) is 0 Å². The molecular formula is C10H15ClN4O. The van der Waals surface area contributed by atoms with Gasteiger partial charge in [-0.05, 0) is 12.1 Å². The molecule has 0 aromatic carbocycles. The summed E-state index contributed by atoms with van der Waals surface area (Å²) in [6, 6.07) is 3.56. The van der Waals surface area contributed by atoms with E-state index in [1.807, 2.05) is 0 Å². The Hall–Kier alpha value is -0.880. The first kappa shape index (κ1) is 11.6. The Kier molecular flexibility index (Phi) is 3.95. The zero-order valence-electron chi connectivity index (χ0n) is 8.95. The van der Waals surface area contributed by atoms with Crippen molar-refractivity contribution in [2.45, 2.75) is 6.54 Å². The highest BCUT2D eigenvalue weighted by molar-refractivity contribution is 6.31. The lowest BCUT2D eigenvalue weighted by molar-refractivity contribution is 0.0337. The van der Waals surface area contributed by atoms with Gasteiger partial charge in [-0.25, -0.2) is 10.8 Å². The third kappa shape index (κ3) is 2.82. The van der Waals surface area contributed by atoms with Gasteiger partial charge in [0.15, 0.2) is 0 Å². The summed E-state index contributed by atoms with van der Waals surface area (Å²) in [4.78, 5) is 6.60. The van der Waals surface area contributed by atoms with Gasteiger partial charge in [0.1, 0.15) is 5.82 Å². The Morgan fingerprint density at radius 3 is 2.88 bits per heavy atom. The molecule has 6 heteroatoms. The van der Waals surface area contributed by atoms with Gasteiger partial charge in [0.05, 0.1) is 23.9 Å². The summed E-state index contributed by atoms with van der Waals surface area (Å²) in [5.41, 5.74) is 3.37. The lowest BCUT2D eigenvalue weighted by Gasteiger charge is -2.26. The van der Waals surface area contributed by atoms with Crippen molar-refractivity contribution in [3.63, 3.8) is 0 Å². The van der Waals surface area contributed by atoms with E-state index in [9.17, 15) is 0 Å². The number of nitrogen functional groups attached to an aromatic ring is 1. The number of ether oxygens (including phenoxy) is 1. The zero-order chi connectivity index (χ0) is 11.4. The summed E-state index contributed by atoms with van der Waals surface area (Å²) in [6.45, 7) is 4.10. The Bertz CT molecular complexity index is 355. The number of rotatable bonds is 3. The van der Waals surface area contributed by atoms with Gasteiger partial charge in [0, 0.05) is 19.6 Å². The number of anilines is 1. The molecule has 88 valence electrons. The fourth-order valence-electron chi connectivity index (χ4n) is 1.65. The standard InChI is InChI=1S/C10H15ClN4O/c11-8-1-2-10(14-12)13-9(8)7-15-3-5-16-6-4-15/h1-2H,3-7,12H2,(H,13,14). The molecule has 2 heterocycles. The molecule has 1 aliphatic heterocycles. The van der Waals surface area contributed by atoms with Gasteiger partial charge >= 0.3 is 0 Å². The summed E-state index contributed by atoms with van der Waals surface area (Å²) >= 11 is 6.08. The predicted molar refractivity (Wildman–Crippen MR) is 63.2 cm³/mol. The molecule has 0 atom stereocenters.